The zero-order valence-corrected chi connectivity index (χ0v) is 12.6. The first-order valence-corrected chi connectivity index (χ1v) is 7.92. The number of primary sulfonamides is 1. The van der Waals surface area contributed by atoms with Gasteiger partial charge in [-0.1, -0.05) is 13.8 Å². The quantitative estimate of drug-likeness (QED) is 0.720. The van der Waals surface area contributed by atoms with E-state index < -0.39 is 10.0 Å². The second-order valence-electron chi connectivity index (χ2n) is 4.63. The van der Waals surface area contributed by atoms with Crippen LogP contribution >= 0.6 is 12.2 Å². The van der Waals surface area contributed by atoms with E-state index in [0.29, 0.717) is 11.0 Å². The molecule has 4 N–H and O–H groups in total. The first-order valence-electron chi connectivity index (χ1n) is 5.97. The summed E-state index contributed by atoms with van der Waals surface area (Å²) in [5.74, 6) is 0.615. The van der Waals surface area contributed by atoms with Crippen LogP contribution in [-0.4, -0.2) is 20.1 Å². The summed E-state index contributed by atoms with van der Waals surface area (Å²) in [6, 6.07) is 6.12. The van der Waals surface area contributed by atoms with Crippen molar-refractivity contribution in [2.45, 2.75) is 25.2 Å². The van der Waals surface area contributed by atoms with Crippen LogP contribution in [0, 0.1) is 5.92 Å². The molecule has 1 aromatic carbocycles. The van der Waals surface area contributed by atoms with Gasteiger partial charge < -0.3 is 10.6 Å². The fourth-order valence-electron chi connectivity index (χ4n) is 1.38. The lowest BCUT2D eigenvalue weighted by Crippen LogP contribution is -2.29. The minimum atomic E-state index is -3.65. The summed E-state index contributed by atoms with van der Waals surface area (Å²) >= 11 is 5.13. The van der Waals surface area contributed by atoms with Crippen molar-refractivity contribution < 1.29 is 8.42 Å². The molecule has 5 nitrogen and oxygen atoms in total. The number of anilines is 1. The van der Waals surface area contributed by atoms with Crippen LogP contribution < -0.4 is 15.8 Å². The molecule has 19 heavy (non-hydrogen) atoms. The van der Waals surface area contributed by atoms with E-state index in [1.165, 1.54) is 12.1 Å². The highest BCUT2D eigenvalue weighted by molar-refractivity contribution is 7.89. The first-order chi connectivity index (χ1) is 8.79. The Balaban J connectivity index is 2.52. The lowest BCUT2D eigenvalue weighted by Gasteiger charge is -2.11. The average Bonchev–Trinajstić information content (AvgIpc) is 2.27. The first kappa shape index (κ1) is 15.9. The molecule has 0 saturated heterocycles. The third kappa shape index (κ3) is 6.00. The molecule has 0 heterocycles. The normalized spacial score (nSPS) is 11.4. The van der Waals surface area contributed by atoms with Crippen molar-refractivity contribution >= 4 is 33.0 Å². The Hall–Kier alpha value is -1.18. The summed E-state index contributed by atoms with van der Waals surface area (Å²) in [5, 5.41) is 11.6. The number of thiocarbonyl (C=S) groups is 1. The molecule has 1 aromatic rings. The molecule has 0 bridgehead atoms. The molecule has 106 valence electrons. The minimum Gasteiger partial charge on any atom is -0.362 e. The van der Waals surface area contributed by atoms with Gasteiger partial charge in [0.05, 0.1) is 4.90 Å². The third-order valence-electron chi connectivity index (χ3n) is 2.45. The van der Waals surface area contributed by atoms with Crippen molar-refractivity contribution in [1.29, 1.82) is 0 Å². The van der Waals surface area contributed by atoms with Crippen LogP contribution in [0.25, 0.3) is 0 Å². The van der Waals surface area contributed by atoms with Gasteiger partial charge in [-0.3, -0.25) is 0 Å². The number of rotatable bonds is 5. The molecule has 0 amide bonds. The van der Waals surface area contributed by atoms with Gasteiger partial charge in [0.25, 0.3) is 0 Å². The van der Waals surface area contributed by atoms with Crippen LogP contribution in [0.15, 0.2) is 29.2 Å². The largest absolute Gasteiger partial charge is 0.362 e. The second kappa shape index (κ2) is 6.83. The Morgan fingerprint density at radius 2 is 1.89 bits per heavy atom. The maximum absolute atomic E-state index is 11.1. The van der Waals surface area contributed by atoms with E-state index in [-0.39, 0.29) is 4.90 Å². The molecule has 0 aliphatic rings. The maximum atomic E-state index is 11.1. The van der Waals surface area contributed by atoms with Crippen LogP contribution in [0.1, 0.15) is 20.3 Å². The number of hydrogen-bond donors (Lipinski definition) is 3. The lowest BCUT2D eigenvalue weighted by molar-refractivity contribution is 0.579. The molecule has 0 saturated carbocycles. The Labute approximate surface area is 119 Å². The van der Waals surface area contributed by atoms with Crippen LogP contribution in [0.5, 0.6) is 0 Å². The maximum Gasteiger partial charge on any atom is 0.238 e. The van der Waals surface area contributed by atoms with Crippen molar-refractivity contribution in [2.75, 3.05) is 11.9 Å². The van der Waals surface area contributed by atoms with Gasteiger partial charge in [0.2, 0.25) is 10.0 Å². The third-order valence-corrected chi connectivity index (χ3v) is 3.62. The van der Waals surface area contributed by atoms with Gasteiger partial charge >= 0.3 is 0 Å². The van der Waals surface area contributed by atoms with Crippen LogP contribution in [0.2, 0.25) is 0 Å². The molecule has 0 fully saturated rings. The summed E-state index contributed by atoms with van der Waals surface area (Å²) in [5.41, 5.74) is 0.717. The van der Waals surface area contributed by atoms with Crippen LogP contribution in [-0.2, 0) is 10.0 Å². The Morgan fingerprint density at radius 1 is 1.32 bits per heavy atom. The van der Waals surface area contributed by atoms with Gasteiger partial charge in [0.15, 0.2) is 5.11 Å². The average molecular weight is 301 g/mol. The monoisotopic (exact) mass is 301 g/mol. The Kier molecular flexibility index (Phi) is 5.71. The van der Waals surface area contributed by atoms with Gasteiger partial charge in [0.1, 0.15) is 0 Å². The summed E-state index contributed by atoms with van der Waals surface area (Å²) in [6.45, 7) is 5.09. The van der Waals surface area contributed by atoms with Gasteiger partial charge in [-0.25, -0.2) is 13.6 Å². The molecular weight excluding hydrogens is 282 g/mol. The molecule has 0 aliphatic heterocycles. The van der Waals surface area contributed by atoms with Gasteiger partial charge in [-0.05, 0) is 48.8 Å². The smallest absolute Gasteiger partial charge is 0.238 e. The SMILES string of the molecule is CC(C)CCNC(=S)Nc1ccc(S(N)(=O)=O)cc1. The summed E-state index contributed by atoms with van der Waals surface area (Å²) in [6.07, 6.45) is 1.03. The lowest BCUT2D eigenvalue weighted by atomic mass is 10.1. The molecular formula is C12H19N3O2S2. The molecule has 0 aliphatic carbocycles. The number of benzene rings is 1. The van der Waals surface area contributed by atoms with E-state index >= 15 is 0 Å². The molecule has 7 heteroatoms. The summed E-state index contributed by atoms with van der Waals surface area (Å²) in [7, 11) is -3.65. The highest BCUT2D eigenvalue weighted by Crippen LogP contribution is 2.12. The molecule has 0 atom stereocenters. The van der Waals surface area contributed by atoms with Crippen molar-refractivity contribution in [2.24, 2.45) is 11.1 Å². The van der Waals surface area contributed by atoms with E-state index in [1.54, 1.807) is 12.1 Å². The predicted octanol–water partition coefficient (Wildman–Crippen LogP) is 1.67. The Morgan fingerprint density at radius 3 is 2.37 bits per heavy atom. The van der Waals surface area contributed by atoms with Crippen molar-refractivity contribution in [3.8, 4) is 0 Å². The van der Waals surface area contributed by atoms with Crippen LogP contribution in [0.3, 0.4) is 0 Å². The molecule has 0 unspecified atom stereocenters. The number of hydrogen-bond acceptors (Lipinski definition) is 3. The van der Waals surface area contributed by atoms with E-state index in [2.05, 4.69) is 24.5 Å². The Bertz CT molecular complexity index is 524. The molecule has 0 spiro atoms. The summed E-state index contributed by atoms with van der Waals surface area (Å²) < 4.78 is 22.2. The van der Waals surface area contributed by atoms with Crippen LogP contribution in [0.4, 0.5) is 5.69 Å². The van der Waals surface area contributed by atoms with Gasteiger partial charge in [-0.15, -0.1) is 0 Å². The number of nitrogens with one attached hydrogen (secondary N) is 2. The van der Waals surface area contributed by atoms with Crippen molar-refractivity contribution in [3.05, 3.63) is 24.3 Å². The van der Waals surface area contributed by atoms with Gasteiger partial charge in [0, 0.05) is 12.2 Å². The van der Waals surface area contributed by atoms with Gasteiger partial charge in [-0.2, -0.15) is 0 Å². The van der Waals surface area contributed by atoms with Crippen molar-refractivity contribution in [1.82, 2.24) is 5.32 Å². The fraction of sp³-hybridized carbons (Fsp3) is 0.417. The fourth-order valence-corrected chi connectivity index (χ4v) is 2.11. The molecule has 1 rings (SSSR count). The molecule has 0 aromatic heterocycles. The highest BCUT2D eigenvalue weighted by Gasteiger charge is 2.06. The topological polar surface area (TPSA) is 84.2 Å². The number of nitrogens with two attached hydrogens (primary N) is 1. The zero-order valence-electron chi connectivity index (χ0n) is 11.0. The van der Waals surface area contributed by atoms with Crippen molar-refractivity contribution in [3.63, 3.8) is 0 Å². The highest BCUT2D eigenvalue weighted by atomic mass is 32.2. The zero-order chi connectivity index (χ0) is 14.5. The minimum absolute atomic E-state index is 0.0803. The van der Waals surface area contributed by atoms with E-state index in [4.69, 9.17) is 17.4 Å². The predicted molar refractivity (Wildman–Crippen MR) is 81.5 cm³/mol. The second-order valence-corrected chi connectivity index (χ2v) is 6.60. The van der Waals surface area contributed by atoms with E-state index in [1.807, 2.05) is 0 Å². The molecule has 0 radical (unpaired) electrons. The van der Waals surface area contributed by atoms with E-state index in [9.17, 15) is 8.42 Å². The summed E-state index contributed by atoms with van der Waals surface area (Å²) in [4.78, 5) is 0.0803. The number of sulfonamides is 1. The standard InChI is InChI=1S/C12H19N3O2S2/c1-9(2)7-8-14-12(18)15-10-3-5-11(6-4-10)19(13,16)17/h3-6,9H,7-8H2,1-2H3,(H2,13,16,17)(H2,14,15,18). The van der Waals surface area contributed by atoms with E-state index in [0.717, 1.165) is 18.7 Å².